The molecule has 23 heavy (non-hydrogen) atoms. The summed E-state index contributed by atoms with van der Waals surface area (Å²) in [6, 6.07) is 12.4. The van der Waals surface area contributed by atoms with E-state index >= 15 is 0 Å². The summed E-state index contributed by atoms with van der Waals surface area (Å²) in [6.45, 7) is 0. The van der Waals surface area contributed by atoms with E-state index in [1.165, 1.54) is 0 Å². The highest BCUT2D eigenvalue weighted by atomic mass is 32.2. The number of sulfone groups is 1. The molecule has 118 valence electrons. The first-order valence-corrected chi connectivity index (χ1v) is 8.50. The number of hydrogen-bond acceptors (Lipinski definition) is 4. The predicted octanol–water partition coefficient (Wildman–Crippen LogP) is 3.55. The first-order valence-electron chi connectivity index (χ1n) is 7.02. The Bertz CT molecular complexity index is 908. The Morgan fingerprint density at radius 2 is 1.65 bits per heavy atom. The van der Waals surface area contributed by atoms with E-state index in [1.807, 2.05) is 12.1 Å². The Hall–Kier alpha value is -2.53. The van der Waals surface area contributed by atoms with Crippen molar-refractivity contribution in [1.29, 1.82) is 0 Å². The van der Waals surface area contributed by atoms with E-state index in [9.17, 15) is 8.42 Å². The summed E-state index contributed by atoms with van der Waals surface area (Å²) in [5.41, 5.74) is 1.55. The zero-order valence-corrected chi connectivity index (χ0v) is 13.6. The van der Waals surface area contributed by atoms with Crippen molar-refractivity contribution in [2.24, 2.45) is 0 Å². The highest BCUT2D eigenvalue weighted by Crippen LogP contribution is 2.34. The van der Waals surface area contributed by atoms with Gasteiger partial charge in [0, 0.05) is 0 Å². The molecule has 0 atom stereocenters. The smallest absolute Gasteiger partial charge is 0.207 e. The summed E-state index contributed by atoms with van der Waals surface area (Å²) in [5.74, 6) is 1.23. The summed E-state index contributed by atoms with van der Waals surface area (Å²) in [6.07, 6.45) is 5.04. The summed E-state index contributed by atoms with van der Waals surface area (Å²) >= 11 is 0. The van der Waals surface area contributed by atoms with Crippen molar-refractivity contribution < 1.29 is 17.9 Å². The van der Waals surface area contributed by atoms with Crippen LogP contribution in [0.15, 0.2) is 58.3 Å². The number of ether oxygens (including phenoxy) is 2. The fourth-order valence-electron chi connectivity index (χ4n) is 2.47. The number of hydrogen-bond donors (Lipinski definition) is 0. The van der Waals surface area contributed by atoms with Crippen LogP contribution < -0.4 is 9.47 Å². The molecule has 0 amide bonds. The van der Waals surface area contributed by atoms with Gasteiger partial charge < -0.3 is 9.47 Å². The Balaban J connectivity index is 1.93. The molecule has 1 heterocycles. The number of methoxy groups -OCH3 is 2. The first kappa shape index (κ1) is 15.4. The monoisotopic (exact) mass is 328 g/mol. The zero-order valence-electron chi connectivity index (χ0n) is 12.8. The fourth-order valence-corrected chi connectivity index (χ4v) is 3.95. The summed E-state index contributed by atoms with van der Waals surface area (Å²) < 4.78 is 35.4. The van der Waals surface area contributed by atoms with Crippen LogP contribution in [0.1, 0.15) is 11.1 Å². The summed E-state index contributed by atoms with van der Waals surface area (Å²) in [4.78, 5) is 0.639. The summed E-state index contributed by atoms with van der Waals surface area (Å²) in [7, 11) is -0.295. The fraction of sp³-hybridized carbons (Fsp3) is 0.111. The minimum atomic E-state index is -3.43. The van der Waals surface area contributed by atoms with Gasteiger partial charge in [0.2, 0.25) is 9.84 Å². The quantitative estimate of drug-likeness (QED) is 0.861. The van der Waals surface area contributed by atoms with E-state index in [0.717, 1.165) is 11.1 Å². The molecule has 0 aromatic heterocycles. The summed E-state index contributed by atoms with van der Waals surface area (Å²) in [5, 5.41) is 0. The van der Waals surface area contributed by atoms with Gasteiger partial charge in [-0.2, -0.15) is 0 Å². The molecular formula is C18H16O4S. The van der Waals surface area contributed by atoms with Crippen LogP contribution in [-0.4, -0.2) is 22.6 Å². The Morgan fingerprint density at radius 1 is 0.913 bits per heavy atom. The second-order valence-corrected chi connectivity index (χ2v) is 6.95. The lowest BCUT2D eigenvalue weighted by Gasteiger charge is -2.07. The normalized spacial score (nSPS) is 15.3. The zero-order chi connectivity index (χ0) is 16.4. The number of rotatable bonds is 4. The van der Waals surface area contributed by atoms with Gasteiger partial charge in [0.05, 0.1) is 24.0 Å². The van der Waals surface area contributed by atoms with Crippen LogP contribution in [-0.2, 0) is 9.84 Å². The molecule has 1 aliphatic heterocycles. The second kappa shape index (κ2) is 5.93. The molecular weight excluding hydrogens is 312 g/mol. The lowest BCUT2D eigenvalue weighted by atomic mass is 10.1. The molecule has 1 aliphatic rings. The van der Waals surface area contributed by atoms with Gasteiger partial charge in [-0.1, -0.05) is 30.3 Å². The predicted molar refractivity (Wildman–Crippen MR) is 90.2 cm³/mol. The molecule has 0 saturated carbocycles. The molecule has 0 N–H and O–H groups in total. The van der Waals surface area contributed by atoms with Gasteiger partial charge in [0.25, 0.3) is 0 Å². The molecule has 4 nitrogen and oxygen atoms in total. The average molecular weight is 328 g/mol. The maximum Gasteiger partial charge on any atom is 0.207 e. The molecule has 0 fully saturated rings. The Morgan fingerprint density at radius 3 is 2.35 bits per heavy atom. The van der Waals surface area contributed by atoms with Gasteiger partial charge >= 0.3 is 0 Å². The minimum absolute atomic E-state index is 0.286. The standard InChI is InChI=1S/C18H16O4S/c1-21-16-10-8-13(11-17(16)22-2)7-9-15-12-14-5-3-4-6-18(14)23(15,19)20/h3-12H,1-2H3/b9-7+. The third kappa shape index (κ3) is 2.75. The van der Waals surface area contributed by atoms with Crippen LogP contribution in [0.2, 0.25) is 0 Å². The topological polar surface area (TPSA) is 52.6 Å². The van der Waals surface area contributed by atoms with Crippen molar-refractivity contribution in [3.8, 4) is 11.5 Å². The second-order valence-electron chi connectivity index (χ2n) is 5.04. The average Bonchev–Trinajstić information content (AvgIpc) is 2.83. The van der Waals surface area contributed by atoms with Crippen molar-refractivity contribution in [1.82, 2.24) is 0 Å². The Labute approximate surface area is 135 Å². The van der Waals surface area contributed by atoms with E-state index < -0.39 is 9.84 Å². The van der Waals surface area contributed by atoms with Crippen molar-refractivity contribution in [2.75, 3.05) is 14.2 Å². The van der Waals surface area contributed by atoms with Crippen LogP contribution in [0.3, 0.4) is 0 Å². The molecule has 0 spiro atoms. The van der Waals surface area contributed by atoms with Crippen molar-refractivity contribution in [2.45, 2.75) is 4.90 Å². The lowest BCUT2D eigenvalue weighted by molar-refractivity contribution is 0.355. The van der Waals surface area contributed by atoms with Crippen LogP contribution >= 0.6 is 0 Å². The van der Waals surface area contributed by atoms with E-state index in [4.69, 9.17) is 9.47 Å². The van der Waals surface area contributed by atoms with Gasteiger partial charge in [0.15, 0.2) is 11.5 Å². The van der Waals surface area contributed by atoms with Crippen LogP contribution in [0.25, 0.3) is 12.2 Å². The lowest BCUT2D eigenvalue weighted by Crippen LogP contribution is -1.98. The first-order chi connectivity index (χ1) is 11.1. The van der Waals surface area contributed by atoms with Crippen LogP contribution in [0, 0.1) is 0 Å². The molecule has 3 rings (SSSR count). The Kier molecular flexibility index (Phi) is 3.96. The van der Waals surface area contributed by atoms with Gasteiger partial charge in [-0.3, -0.25) is 0 Å². The molecule has 0 saturated heterocycles. The number of allylic oxidation sites excluding steroid dienone is 1. The maximum atomic E-state index is 12.5. The molecule has 0 unspecified atom stereocenters. The van der Waals surface area contributed by atoms with Crippen molar-refractivity contribution in [3.63, 3.8) is 0 Å². The van der Waals surface area contributed by atoms with E-state index in [-0.39, 0.29) is 4.91 Å². The van der Waals surface area contributed by atoms with E-state index in [2.05, 4.69) is 0 Å². The van der Waals surface area contributed by atoms with Crippen molar-refractivity contribution in [3.05, 3.63) is 64.6 Å². The van der Waals surface area contributed by atoms with Gasteiger partial charge in [-0.15, -0.1) is 0 Å². The molecule has 0 aliphatic carbocycles. The SMILES string of the molecule is COc1ccc(/C=C/C2=Cc3ccccc3S2(=O)=O)cc1OC. The molecule has 2 aromatic carbocycles. The van der Waals surface area contributed by atoms with E-state index in [1.54, 1.807) is 62.8 Å². The number of fused-ring (bicyclic) bond motifs is 1. The highest BCUT2D eigenvalue weighted by molar-refractivity contribution is 7.96. The van der Waals surface area contributed by atoms with Gasteiger partial charge in [-0.05, 0) is 41.5 Å². The van der Waals surface area contributed by atoms with E-state index in [0.29, 0.717) is 16.4 Å². The van der Waals surface area contributed by atoms with Gasteiger partial charge in [-0.25, -0.2) is 8.42 Å². The molecule has 2 aromatic rings. The van der Waals surface area contributed by atoms with Crippen molar-refractivity contribution >= 4 is 22.0 Å². The van der Waals surface area contributed by atoms with Crippen LogP contribution in [0.5, 0.6) is 11.5 Å². The molecule has 0 bridgehead atoms. The van der Waals surface area contributed by atoms with Gasteiger partial charge in [0.1, 0.15) is 0 Å². The molecule has 5 heteroatoms. The third-order valence-electron chi connectivity index (χ3n) is 3.66. The largest absolute Gasteiger partial charge is 0.493 e. The highest BCUT2D eigenvalue weighted by Gasteiger charge is 2.27. The van der Waals surface area contributed by atoms with Crippen LogP contribution in [0.4, 0.5) is 0 Å². The maximum absolute atomic E-state index is 12.5. The minimum Gasteiger partial charge on any atom is -0.493 e. The molecule has 0 radical (unpaired) electrons. The third-order valence-corrected chi connectivity index (χ3v) is 5.49. The number of benzene rings is 2.